The van der Waals surface area contributed by atoms with E-state index in [1.165, 1.54) is 44.2 Å². The number of aromatic nitrogens is 2. The fraction of sp³-hybridized carbons (Fsp3) is 0.333. The van der Waals surface area contributed by atoms with Crippen LogP contribution in [-0.4, -0.2) is 9.97 Å². The highest BCUT2D eigenvalue weighted by atomic mass is 19.3. The summed E-state index contributed by atoms with van der Waals surface area (Å²) in [7, 11) is 0. The summed E-state index contributed by atoms with van der Waals surface area (Å²) >= 11 is 0. The molecule has 0 atom stereocenters. The second kappa shape index (κ2) is 12.9. The van der Waals surface area contributed by atoms with Crippen molar-refractivity contribution in [3.8, 4) is 28.3 Å². The van der Waals surface area contributed by atoms with Crippen LogP contribution in [0.15, 0.2) is 54.9 Å². The average molecular weight is 621 g/mol. The molecule has 1 heterocycles. The molecule has 0 saturated heterocycles. The van der Waals surface area contributed by atoms with Gasteiger partial charge >= 0.3 is 6.11 Å². The molecule has 3 aromatic carbocycles. The molecule has 3 nitrogen and oxygen atoms in total. The molecule has 0 bridgehead atoms. The molecule has 4 aromatic rings. The number of nitrogens with zero attached hydrogens (tertiary/aromatic N) is 2. The van der Waals surface area contributed by atoms with E-state index in [9.17, 15) is 30.7 Å². The Bertz CT molecular complexity index is 1590. The Morgan fingerprint density at radius 1 is 0.750 bits per heavy atom. The lowest BCUT2D eigenvalue weighted by Crippen LogP contribution is -2.25. The molecule has 44 heavy (non-hydrogen) atoms. The van der Waals surface area contributed by atoms with Crippen molar-refractivity contribution >= 4 is 0 Å². The molecule has 1 aliphatic rings. The predicted molar refractivity (Wildman–Crippen MR) is 148 cm³/mol. The monoisotopic (exact) mass is 620 g/mol. The summed E-state index contributed by atoms with van der Waals surface area (Å²) in [5.41, 5.74) is -1.25. The van der Waals surface area contributed by atoms with Crippen LogP contribution in [0.2, 0.25) is 0 Å². The minimum atomic E-state index is -4.76. The van der Waals surface area contributed by atoms with Crippen molar-refractivity contribution in [2.24, 2.45) is 5.92 Å². The van der Waals surface area contributed by atoms with Gasteiger partial charge in [-0.1, -0.05) is 38.3 Å². The van der Waals surface area contributed by atoms with Crippen molar-refractivity contribution in [3.05, 3.63) is 101 Å². The van der Waals surface area contributed by atoms with E-state index in [-0.39, 0.29) is 23.5 Å². The largest absolute Gasteiger partial charge is 0.432 e. The maximum Gasteiger partial charge on any atom is 0.432 e. The van der Waals surface area contributed by atoms with E-state index in [4.69, 9.17) is 0 Å². The zero-order valence-electron chi connectivity index (χ0n) is 23.6. The molecule has 11 heteroatoms. The van der Waals surface area contributed by atoms with Crippen molar-refractivity contribution in [1.29, 1.82) is 0 Å². The van der Waals surface area contributed by atoms with Gasteiger partial charge in [-0.3, -0.25) is 0 Å². The molecule has 1 fully saturated rings. The van der Waals surface area contributed by atoms with E-state index in [1.807, 2.05) is 0 Å². The van der Waals surface area contributed by atoms with Crippen LogP contribution in [0.5, 0.6) is 5.75 Å². The minimum Gasteiger partial charge on any atom is -0.429 e. The molecule has 5 rings (SSSR count). The summed E-state index contributed by atoms with van der Waals surface area (Å²) in [6, 6.07) is 4.87. The first-order valence-electron chi connectivity index (χ1n) is 14.3. The molecule has 1 saturated carbocycles. The van der Waals surface area contributed by atoms with E-state index < -0.39 is 57.9 Å². The van der Waals surface area contributed by atoms with Gasteiger partial charge in [0.1, 0.15) is 28.8 Å². The minimum absolute atomic E-state index is 0.101. The Kier molecular flexibility index (Phi) is 9.22. The summed E-state index contributed by atoms with van der Waals surface area (Å²) in [5.74, 6) is -9.99. The predicted octanol–water partition coefficient (Wildman–Crippen LogP) is 10.2. The van der Waals surface area contributed by atoms with Gasteiger partial charge in [-0.15, -0.1) is 0 Å². The average Bonchev–Trinajstić information content (AvgIpc) is 2.98. The Hall–Kier alpha value is -4.02. The van der Waals surface area contributed by atoms with E-state index >= 15 is 4.39 Å². The molecule has 0 radical (unpaired) electrons. The van der Waals surface area contributed by atoms with Gasteiger partial charge in [0.05, 0.1) is 0 Å². The highest BCUT2D eigenvalue weighted by molar-refractivity contribution is 5.69. The molecule has 0 amide bonds. The molecule has 0 N–H and O–H groups in total. The fourth-order valence-corrected chi connectivity index (χ4v) is 5.66. The summed E-state index contributed by atoms with van der Waals surface area (Å²) in [5, 5.41) is 0. The normalized spacial score (nSPS) is 17.1. The second-order valence-electron chi connectivity index (χ2n) is 11.0. The van der Waals surface area contributed by atoms with Crippen LogP contribution in [-0.2, 0) is 6.11 Å². The van der Waals surface area contributed by atoms with E-state index in [2.05, 4.69) is 21.6 Å². The quantitative estimate of drug-likeness (QED) is 0.138. The molecule has 1 aliphatic carbocycles. The lowest BCUT2D eigenvalue weighted by Gasteiger charge is -2.28. The Balaban J connectivity index is 1.32. The van der Waals surface area contributed by atoms with Gasteiger partial charge in [0.25, 0.3) is 0 Å². The molecular weight excluding hydrogens is 592 g/mol. The number of benzene rings is 3. The number of hydrogen-bond donors (Lipinski definition) is 0. The molecule has 232 valence electrons. The van der Waals surface area contributed by atoms with E-state index in [0.717, 1.165) is 30.4 Å². The standard InChI is InChI=1S/C33H28F8N2O/c1-2-3-4-18-5-7-19(8-6-18)22-16-42-32(43-17-22)20-9-10-24(25(34)11-20)21-12-26(35)30(27(36)13-21)33(40,41)44-23-14-28(37)31(39)29(38)15-23/h9-19H,2-8H2,1H3. The number of alkyl halides is 2. The smallest absolute Gasteiger partial charge is 0.429 e. The zero-order valence-corrected chi connectivity index (χ0v) is 23.6. The van der Waals surface area contributed by atoms with Crippen molar-refractivity contribution in [1.82, 2.24) is 9.97 Å². The van der Waals surface area contributed by atoms with Crippen LogP contribution in [0.4, 0.5) is 35.1 Å². The lowest BCUT2D eigenvalue weighted by molar-refractivity contribution is -0.189. The van der Waals surface area contributed by atoms with Crippen LogP contribution in [0.3, 0.4) is 0 Å². The van der Waals surface area contributed by atoms with E-state index in [1.54, 1.807) is 12.4 Å². The summed E-state index contributed by atoms with van der Waals surface area (Å²) in [4.78, 5) is 8.78. The summed E-state index contributed by atoms with van der Waals surface area (Å²) in [6.45, 7) is 2.19. The highest BCUT2D eigenvalue weighted by Crippen LogP contribution is 2.39. The van der Waals surface area contributed by atoms with Gasteiger partial charge < -0.3 is 4.74 Å². The molecule has 0 unspecified atom stereocenters. The van der Waals surface area contributed by atoms with Gasteiger partial charge in [0.2, 0.25) is 0 Å². The Morgan fingerprint density at radius 3 is 1.91 bits per heavy atom. The number of ether oxygens (including phenoxy) is 1. The SMILES string of the molecule is CCCCC1CCC(c2cnc(-c3ccc(-c4cc(F)c(C(F)(F)Oc5cc(F)c(F)c(F)c5)c(F)c4)c(F)c3)nc2)CC1. The topological polar surface area (TPSA) is 35.0 Å². The number of rotatable bonds is 9. The Morgan fingerprint density at radius 2 is 1.34 bits per heavy atom. The maximum absolute atomic E-state index is 15.1. The number of halogens is 8. The second-order valence-corrected chi connectivity index (χ2v) is 11.0. The van der Waals surface area contributed by atoms with Gasteiger partial charge in [0, 0.05) is 35.7 Å². The Labute approximate surface area is 248 Å². The summed E-state index contributed by atoms with van der Waals surface area (Å²) in [6.07, 6.45) is 6.85. The number of hydrogen-bond acceptors (Lipinski definition) is 3. The first-order chi connectivity index (χ1) is 21.0. The van der Waals surface area contributed by atoms with E-state index in [0.29, 0.717) is 23.6 Å². The summed E-state index contributed by atoms with van der Waals surface area (Å²) < 4.78 is 118. The molecular formula is C33H28F8N2O. The lowest BCUT2D eigenvalue weighted by atomic mass is 9.78. The van der Waals surface area contributed by atoms with Crippen LogP contribution in [0, 0.1) is 40.8 Å². The van der Waals surface area contributed by atoms with Gasteiger partial charge in [-0.25, -0.2) is 36.3 Å². The maximum atomic E-state index is 15.1. The molecule has 0 aliphatic heterocycles. The van der Waals surface area contributed by atoms with Crippen molar-refractivity contribution in [2.45, 2.75) is 63.9 Å². The third-order valence-corrected chi connectivity index (χ3v) is 8.03. The van der Waals surface area contributed by atoms with Crippen LogP contribution in [0.1, 0.15) is 68.9 Å². The zero-order chi connectivity index (χ0) is 31.6. The molecule has 1 aromatic heterocycles. The first kappa shape index (κ1) is 31.4. The van der Waals surface area contributed by atoms with Crippen molar-refractivity contribution in [2.75, 3.05) is 0 Å². The fourth-order valence-electron chi connectivity index (χ4n) is 5.66. The third kappa shape index (κ3) is 6.71. The number of unbranched alkanes of at least 4 members (excludes halogenated alkanes) is 1. The highest BCUT2D eigenvalue weighted by Gasteiger charge is 2.41. The van der Waals surface area contributed by atoms with Gasteiger partial charge in [-0.05, 0) is 66.8 Å². The van der Waals surface area contributed by atoms with Crippen molar-refractivity contribution in [3.63, 3.8) is 0 Å². The van der Waals surface area contributed by atoms with Crippen molar-refractivity contribution < 1.29 is 39.9 Å². The van der Waals surface area contributed by atoms with Crippen LogP contribution < -0.4 is 4.74 Å². The van der Waals surface area contributed by atoms with Gasteiger partial charge in [-0.2, -0.15) is 8.78 Å². The van der Waals surface area contributed by atoms with Crippen LogP contribution in [0.25, 0.3) is 22.5 Å². The third-order valence-electron chi connectivity index (χ3n) is 8.03. The first-order valence-corrected chi connectivity index (χ1v) is 14.3. The molecule has 0 spiro atoms. The van der Waals surface area contributed by atoms with Gasteiger partial charge in [0.15, 0.2) is 23.3 Å². The van der Waals surface area contributed by atoms with Crippen LogP contribution >= 0.6 is 0 Å².